The smallest absolute Gasteiger partial charge is 0.267 e. The minimum atomic E-state index is -0.880. The van der Waals surface area contributed by atoms with Crippen molar-refractivity contribution in [1.82, 2.24) is 16.1 Å². The SMILES string of the molecule is O=C(N[C@@H](CNC1CCOCC1)C(=O)NO)c1ccc(-c2ccccc2)cc1. The maximum atomic E-state index is 12.6. The van der Waals surface area contributed by atoms with Crippen molar-refractivity contribution in [3.8, 4) is 11.1 Å². The van der Waals surface area contributed by atoms with Crippen LogP contribution in [0.5, 0.6) is 0 Å². The van der Waals surface area contributed by atoms with Crippen LogP contribution in [0.4, 0.5) is 0 Å². The highest BCUT2D eigenvalue weighted by Gasteiger charge is 2.23. The van der Waals surface area contributed by atoms with E-state index in [0.29, 0.717) is 18.8 Å². The molecule has 1 heterocycles. The predicted molar refractivity (Wildman–Crippen MR) is 105 cm³/mol. The van der Waals surface area contributed by atoms with Crippen molar-refractivity contribution >= 4 is 11.8 Å². The van der Waals surface area contributed by atoms with E-state index in [4.69, 9.17) is 9.94 Å². The summed E-state index contributed by atoms with van der Waals surface area (Å²) in [4.78, 5) is 24.5. The second kappa shape index (κ2) is 9.98. The molecule has 7 heteroatoms. The largest absolute Gasteiger partial charge is 0.381 e. The second-order valence-corrected chi connectivity index (χ2v) is 6.74. The minimum Gasteiger partial charge on any atom is -0.381 e. The van der Waals surface area contributed by atoms with Gasteiger partial charge >= 0.3 is 0 Å². The summed E-state index contributed by atoms with van der Waals surface area (Å²) in [6.07, 6.45) is 1.70. The Hall–Kier alpha value is -2.74. The molecule has 4 N–H and O–H groups in total. The lowest BCUT2D eigenvalue weighted by atomic mass is 10.0. The van der Waals surface area contributed by atoms with Gasteiger partial charge in [-0.3, -0.25) is 14.8 Å². The highest BCUT2D eigenvalue weighted by molar-refractivity contribution is 5.97. The Bertz CT molecular complexity index is 774. The van der Waals surface area contributed by atoms with Crippen LogP contribution in [-0.4, -0.2) is 48.9 Å². The number of benzene rings is 2. The zero-order chi connectivity index (χ0) is 19.8. The summed E-state index contributed by atoms with van der Waals surface area (Å²) in [6.45, 7) is 1.58. The topological polar surface area (TPSA) is 99.7 Å². The first-order valence-electron chi connectivity index (χ1n) is 9.39. The highest BCUT2D eigenvalue weighted by atomic mass is 16.5. The molecule has 1 aliphatic heterocycles. The zero-order valence-corrected chi connectivity index (χ0v) is 15.6. The van der Waals surface area contributed by atoms with E-state index in [1.54, 1.807) is 17.6 Å². The quantitative estimate of drug-likeness (QED) is 0.431. The molecular weight excluding hydrogens is 358 g/mol. The van der Waals surface area contributed by atoms with Gasteiger partial charge in [-0.1, -0.05) is 42.5 Å². The van der Waals surface area contributed by atoms with E-state index in [9.17, 15) is 9.59 Å². The average molecular weight is 383 g/mol. The van der Waals surface area contributed by atoms with E-state index in [1.165, 1.54) is 0 Å². The molecule has 0 saturated carbocycles. The van der Waals surface area contributed by atoms with Crippen molar-refractivity contribution in [2.45, 2.75) is 24.9 Å². The van der Waals surface area contributed by atoms with Crippen LogP contribution in [0.3, 0.4) is 0 Å². The standard InChI is InChI=1S/C21H25N3O4/c25-20(17-8-6-16(7-9-17)15-4-2-1-3-5-15)23-19(21(26)24-27)14-22-18-10-12-28-13-11-18/h1-9,18-19,22,27H,10-14H2,(H,23,25)(H,24,26)/t19-/m0/s1. The minimum absolute atomic E-state index is 0.227. The lowest BCUT2D eigenvalue weighted by molar-refractivity contribution is -0.131. The molecule has 7 nitrogen and oxygen atoms in total. The second-order valence-electron chi connectivity index (χ2n) is 6.74. The lowest BCUT2D eigenvalue weighted by Crippen LogP contribution is -2.53. The molecule has 2 aromatic rings. The third-order valence-corrected chi connectivity index (χ3v) is 4.82. The fourth-order valence-electron chi connectivity index (χ4n) is 3.16. The molecule has 2 aromatic carbocycles. The van der Waals surface area contributed by atoms with Gasteiger partial charge in [-0.2, -0.15) is 0 Å². The van der Waals surface area contributed by atoms with Gasteiger partial charge in [0.2, 0.25) is 0 Å². The Balaban J connectivity index is 1.61. The van der Waals surface area contributed by atoms with Gasteiger partial charge in [0.05, 0.1) is 0 Å². The lowest BCUT2D eigenvalue weighted by Gasteiger charge is -2.25. The molecule has 0 unspecified atom stereocenters. The molecule has 0 aromatic heterocycles. The summed E-state index contributed by atoms with van der Waals surface area (Å²) < 4.78 is 5.31. The third-order valence-electron chi connectivity index (χ3n) is 4.82. The van der Waals surface area contributed by atoms with Crippen molar-refractivity contribution in [2.24, 2.45) is 0 Å². The van der Waals surface area contributed by atoms with Gasteiger partial charge in [0.15, 0.2) is 0 Å². The fraction of sp³-hybridized carbons (Fsp3) is 0.333. The van der Waals surface area contributed by atoms with Crippen LogP contribution in [-0.2, 0) is 9.53 Å². The Morgan fingerprint density at radius 1 is 1.00 bits per heavy atom. The van der Waals surface area contributed by atoms with E-state index in [-0.39, 0.29) is 18.5 Å². The van der Waals surface area contributed by atoms with E-state index in [2.05, 4.69) is 10.6 Å². The number of amides is 2. The van der Waals surface area contributed by atoms with Crippen LogP contribution < -0.4 is 16.1 Å². The number of nitrogens with one attached hydrogen (secondary N) is 3. The van der Waals surface area contributed by atoms with E-state index in [0.717, 1.165) is 24.0 Å². The summed E-state index contributed by atoms with van der Waals surface area (Å²) >= 11 is 0. The Morgan fingerprint density at radius 3 is 2.29 bits per heavy atom. The molecule has 0 radical (unpaired) electrons. The van der Waals surface area contributed by atoms with Gasteiger partial charge in [0.1, 0.15) is 6.04 Å². The molecule has 1 saturated heterocycles. The van der Waals surface area contributed by atoms with Crippen molar-refractivity contribution in [1.29, 1.82) is 0 Å². The van der Waals surface area contributed by atoms with E-state index < -0.39 is 11.9 Å². The van der Waals surface area contributed by atoms with Crippen LogP contribution >= 0.6 is 0 Å². The van der Waals surface area contributed by atoms with Gasteiger partial charge in [-0.25, -0.2) is 5.48 Å². The number of carbonyl (C=O) groups is 2. The van der Waals surface area contributed by atoms with Gasteiger partial charge in [-0.05, 0) is 36.1 Å². The maximum Gasteiger partial charge on any atom is 0.267 e. The number of ether oxygens (including phenoxy) is 1. The molecule has 3 rings (SSSR count). The van der Waals surface area contributed by atoms with Crippen molar-refractivity contribution in [3.63, 3.8) is 0 Å². The molecule has 0 bridgehead atoms. The van der Waals surface area contributed by atoms with Crippen molar-refractivity contribution in [2.75, 3.05) is 19.8 Å². The number of hydrogen-bond acceptors (Lipinski definition) is 5. The third kappa shape index (κ3) is 5.39. The molecule has 1 aliphatic rings. The normalized spacial score (nSPS) is 15.6. The molecule has 148 valence electrons. The molecule has 28 heavy (non-hydrogen) atoms. The monoisotopic (exact) mass is 383 g/mol. The van der Waals surface area contributed by atoms with Crippen LogP contribution in [0.1, 0.15) is 23.2 Å². The van der Waals surface area contributed by atoms with Crippen molar-refractivity contribution < 1.29 is 19.5 Å². The maximum absolute atomic E-state index is 12.6. The van der Waals surface area contributed by atoms with Crippen LogP contribution in [0.25, 0.3) is 11.1 Å². The summed E-state index contributed by atoms with van der Waals surface area (Å²) in [5, 5.41) is 14.9. The predicted octanol–water partition coefficient (Wildman–Crippen LogP) is 1.73. The number of rotatable bonds is 7. The molecule has 1 fully saturated rings. The molecule has 0 spiro atoms. The Labute approximate surface area is 164 Å². The van der Waals surface area contributed by atoms with E-state index in [1.807, 2.05) is 42.5 Å². The average Bonchev–Trinajstić information content (AvgIpc) is 2.77. The van der Waals surface area contributed by atoms with Crippen molar-refractivity contribution in [3.05, 3.63) is 60.2 Å². The Kier molecular flexibility index (Phi) is 7.13. The summed E-state index contributed by atoms with van der Waals surface area (Å²) in [6, 6.07) is 16.4. The van der Waals surface area contributed by atoms with Gasteiger partial charge in [0.25, 0.3) is 11.8 Å². The first-order valence-corrected chi connectivity index (χ1v) is 9.39. The molecule has 1 atom stereocenters. The zero-order valence-electron chi connectivity index (χ0n) is 15.6. The highest BCUT2D eigenvalue weighted by Crippen LogP contribution is 2.19. The first-order chi connectivity index (χ1) is 13.7. The van der Waals surface area contributed by atoms with Gasteiger partial charge in [-0.15, -0.1) is 0 Å². The molecule has 0 aliphatic carbocycles. The number of hydroxylamine groups is 1. The van der Waals surface area contributed by atoms with Crippen LogP contribution in [0.15, 0.2) is 54.6 Å². The van der Waals surface area contributed by atoms with Crippen LogP contribution in [0.2, 0.25) is 0 Å². The summed E-state index contributed by atoms with van der Waals surface area (Å²) in [5.74, 6) is -1.03. The van der Waals surface area contributed by atoms with E-state index >= 15 is 0 Å². The molecule has 2 amide bonds. The summed E-state index contributed by atoms with van der Waals surface area (Å²) in [5.41, 5.74) is 4.13. The summed E-state index contributed by atoms with van der Waals surface area (Å²) in [7, 11) is 0. The first kappa shape index (κ1) is 20.0. The van der Waals surface area contributed by atoms with Crippen LogP contribution in [0, 0.1) is 0 Å². The van der Waals surface area contributed by atoms with Gasteiger partial charge in [0, 0.05) is 31.4 Å². The number of hydrogen-bond donors (Lipinski definition) is 4. The fourth-order valence-corrected chi connectivity index (χ4v) is 3.16. The Morgan fingerprint density at radius 2 is 1.64 bits per heavy atom. The number of carbonyl (C=O) groups excluding carboxylic acids is 2. The van der Waals surface area contributed by atoms with Gasteiger partial charge < -0.3 is 15.4 Å². The molecular formula is C21H25N3O4.